The number of hydrogen-bond acceptors (Lipinski definition) is 2. The van der Waals surface area contributed by atoms with Crippen molar-refractivity contribution in [3.63, 3.8) is 0 Å². The molecular formula is C8H17N2-. The first kappa shape index (κ1) is 8.02. The Labute approximate surface area is 63.4 Å². The zero-order valence-electron chi connectivity index (χ0n) is 6.85. The second-order valence-corrected chi connectivity index (χ2v) is 3.13. The summed E-state index contributed by atoms with van der Waals surface area (Å²) in [5.41, 5.74) is 0. The molecule has 2 N–H and O–H groups in total. The maximum absolute atomic E-state index is 4.00. The Bertz CT molecular complexity index is 93.4. The lowest BCUT2D eigenvalue weighted by molar-refractivity contribution is 0.270. The molecular weight excluding hydrogens is 124 g/mol. The van der Waals surface area contributed by atoms with Gasteiger partial charge in [0.2, 0.25) is 0 Å². The highest BCUT2D eigenvalue weighted by atomic mass is 15.2. The highest BCUT2D eigenvalue weighted by Crippen LogP contribution is 2.06. The van der Waals surface area contributed by atoms with E-state index in [1.165, 1.54) is 0 Å². The average Bonchev–Trinajstić information content (AvgIpc) is 1.85. The van der Waals surface area contributed by atoms with E-state index in [2.05, 4.69) is 31.4 Å². The molecule has 0 bridgehead atoms. The van der Waals surface area contributed by atoms with Crippen molar-refractivity contribution < 1.29 is 0 Å². The van der Waals surface area contributed by atoms with Crippen molar-refractivity contribution in [2.45, 2.75) is 44.9 Å². The Morgan fingerprint density at radius 3 is 2.70 bits per heavy atom. The second kappa shape index (κ2) is 3.35. The molecule has 0 aromatic rings. The standard InChI is InChI=1S/C8H17N2/c1-4-8-9-6(2)5-7(3)10-8/h6-10H,2,4-5H2,1,3H3/q-1. The fourth-order valence-electron chi connectivity index (χ4n) is 1.47. The van der Waals surface area contributed by atoms with Crippen LogP contribution in [-0.2, 0) is 0 Å². The summed E-state index contributed by atoms with van der Waals surface area (Å²) < 4.78 is 0. The van der Waals surface area contributed by atoms with Gasteiger partial charge in [-0.25, -0.2) is 0 Å². The largest absolute Gasteiger partial charge is 0.329 e. The third-order valence-corrected chi connectivity index (χ3v) is 1.97. The summed E-state index contributed by atoms with van der Waals surface area (Å²) in [6.45, 7) is 8.38. The average molecular weight is 141 g/mol. The molecule has 0 saturated carbocycles. The van der Waals surface area contributed by atoms with Gasteiger partial charge in [0.05, 0.1) is 6.17 Å². The fraction of sp³-hybridized carbons (Fsp3) is 0.875. The first-order valence-corrected chi connectivity index (χ1v) is 4.07. The normalized spacial score (nSPS) is 41.7. The van der Waals surface area contributed by atoms with Crippen molar-refractivity contribution >= 4 is 0 Å². The molecule has 2 heteroatoms. The van der Waals surface area contributed by atoms with Gasteiger partial charge in [0.15, 0.2) is 0 Å². The number of nitrogens with one attached hydrogen (secondary N) is 2. The summed E-state index contributed by atoms with van der Waals surface area (Å²) in [7, 11) is 0. The summed E-state index contributed by atoms with van der Waals surface area (Å²) in [5, 5.41) is 6.82. The quantitative estimate of drug-likeness (QED) is 0.530. The van der Waals surface area contributed by atoms with E-state index >= 15 is 0 Å². The van der Waals surface area contributed by atoms with Gasteiger partial charge in [-0.05, 0) is 13.3 Å². The summed E-state index contributed by atoms with van der Waals surface area (Å²) in [6.07, 6.45) is 2.75. The topological polar surface area (TPSA) is 24.1 Å². The molecule has 0 aromatic heterocycles. The van der Waals surface area contributed by atoms with E-state index in [-0.39, 0.29) is 0 Å². The highest BCUT2D eigenvalue weighted by molar-refractivity contribution is 4.84. The highest BCUT2D eigenvalue weighted by Gasteiger charge is 2.16. The van der Waals surface area contributed by atoms with Crippen LogP contribution >= 0.6 is 0 Å². The van der Waals surface area contributed by atoms with Gasteiger partial charge in [0.1, 0.15) is 0 Å². The number of hydrogen-bond donors (Lipinski definition) is 2. The Morgan fingerprint density at radius 1 is 1.50 bits per heavy atom. The van der Waals surface area contributed by atoms with Crippen LogP contribution in [0.15, 0.2) is 0 Å². The molecule has 0 aromatic carbocycles. The van der Waals surface area contributed by atoms with E-state index in [1.54, 1.807) is 0 Å². The van der Waals surface area contributed by atoms with Crippen LogP contribution in [0.25, 0.3) is 0 Å². The van der Waals surface area contributed by atoms with E-state index in [0.717, 1.165) is 12.8 Å². The van der Waals surface area contributed by atoms with Crippen molar-refractivity contribution in [2.75, 3.05) is 0 Å². The lowest BCUT2D eigenvalue weighted by atomic mass is 10.1. The maximum atomic E-state index is 4.00. The van der Waals surface area contributed by atoms with Crippen LogP contribution in [0, 0.1) is 6.92 Å². The first-order valence-electron chi connectivity index (χ1n) is 4.07. The van der Waals surface area contributed by atoms with Gasteiger partial charge < -0.3 is 12.2 Å². The van der Waals surface area contributed by atoms with Gasteiger partial charge in [-0.15, -0.1) is 6.04 Å². The van der Waals surface area contributed by atoms with Crippen LogP contribution in [0.5, 0.6) is 0 Å². The van der Waals surface area contributed by atoms with Crippen molar-refractivity contribution in [1.82, 2.24) is 10.6 Å². The Kier molecular flexibility index (Phi) is 2.69. The summed E-state index contributed by atoms with van der Waals surface area (Å²) in [4.78, 5) is 0. The summed E-state index contributed by atoms with van der Waals surface area (Å²) >= 11 is 0. The molecule has 60 valence electrons. The van der Waals surface area contributed by atoms with Crippen LogP contribution in [0.4, 0.5) is 0 Å². The minimum atomic E-state index is 0.432. The molecule has 0 amide bonds. The number of rotatable bonds is 1. The molecule has 3 unspecified atom stereocenters. The third-order valence-electron chi connectivity index (χ3n) is 1.97. The smallest absolute Gasteiger partial charge is 0.0550 e. The van der Waals surface area contributed by atoms with Crippen molar-refractivity contribution in [3.8, 4) is 0 Å². The zero-order chi connectivity index (χ0) is 7.56. The lowest BCUT2D eigenvalue weighted by Crippen LogP contribution is -2.56. The molecule has 0 aliphatic carbocycles. The first-order chi connectivity index (χ1) is 4.72. The van der Waals surface area contributed by atoms with E-state index in [0.29, 0.717) is 18.2 Å². The molecule has 1 saturated heterocycles. The van der Waals surface area contributed by atoms with Gasteiger partial charge in [0.25, 0.3) is 0 Å². The predicted molar refractivity (Wildman–Crippen MR) is 43.6 cm³/mol. The monoisotopic (exact) mass is 141 g/mol. The minimum Gasteiger partial charge on any atom is -0.329 e. The Morgan fingerprint density at radius 2 is 2.20 bits per heavy atom. The van der Waals surface area contributed by atoms with Crippen LogP contribution in [0.1, 0.15) is 26.7 Å². The van der Waals surface area contributed by atoms with Crippen LogP contribution < -0.4 is 10.6 Å². The molecule has 2 nitrogen and oxygen atoms in total. The van der Waals surface area contributed by atoms with Gasteiger partial charge in [-0.3, -0.25) is 5.32 Å². The molecule has 1 fully saturated rings. The Balaban J connectivity index is 2.35. The van der Waals surface area contributed by atoms with Crippen molar-refractivity contribution in [1.29, 1.82) is 0 Å². The Hall–Kier alpha value is -0.0800. The van der Waals surface area contributed by atoms with Gasteiger partial charge >= 0.3 is 0 Å². The van der Waals surface area contributed by atoms with Crippen LogP contribution in [0.3, 0.4) is 0 Å². The fourth-order valence-corrected chi connectivity index (χ4v) is 1.47. The van der Waals surface area contributed by atoms with Crippen LogP contribution in [0.2, 0.25) is 0 Å². The minimum absolute atomic E-state index is 0.432. The summed E-state index contributed by atoms with van der Waals surface area (Å²) in [6, 6.07) is 1.05. The molecule has 3 atom stereocenters. The van der Waals surface area contributed by atoms with Crippen molar-refractivity contribution in [3.05, 3.63) is 6.92 Å². The molecule has 1 rings (SSSR count). The molecule has 10 heavy (non-hydrogen) atoms. The van der Waals surface area contributed by atoms with E-state index in [4.69, 9.17) is 0 Å². The van der Waals surface area contributed by atoms with Gasteiger partial charge in [-0.1, -0.05) is 13.3 Å². The van der Waals surface area contributed by atoms with Gasteiger partial charge in [0, 0.05) is 6.04 Å². The summed E-state index contributed by atoms with van der Waals surface area (Å²) in [5.74, 6) is 0. The second-order valence-electron chi connectivity index (χ2n) is 3.13. The molecule has 0 spiro atoms. The van der Waals surface area contributed by atoms with E-state index in [9.17, 15) is 0 Å². The predicted octanol–water partition coefficient (Wildman–Crippen LogP) is 0.897. The van der Waals surface area contributed by atoms with E-state index in [1.807, 2.05) is 0 Å². The molecule has 0 radical (unpaired) electrons. The van der Waals surface area contributed by atoms with E-state index < -0.39 is 0 Å². The third kappa shape index (κ3) is 1.96. The maximum Gasteiger partial charge on any atom is 0.0550 e. The van der Waals surface area contributed by atoms with Crippen molar-refractivity contribution in [2.24, 2.45) is 0 Å². The van der Waals surface area contributed by atoms with Gasteiger partial charge in [-0.2, -0.15) is 0 Å². The lowest BCUT2D eigenvalue weighted by Gasteiger charge is -2.37. The SMILES string of the molecule is [CH2-]C1CC(C)NC(CC)N1. The van der Waals surface area contributed by atoms with Crippen LogP contribution in [-0.4, -0.2) is 18.2 Å². The zero-order valence-corrected chi connectivity index (χ0v) is 6.85. The molecule has 1 aliphatic heterocycles. The molecule has 1 heterocycles. The molecule has 1 aliphatic rings.